The Labute approximate surface area is 175 Å². The van der Waals surface area contributed by atoms with Crippen LogP contribution < -0.4 is 5.32 Å². The normalized spacial score (nSPS) is 11.0. The highest BCUT2D eigenvalue weighted by Gasteiger charge is 2.26. The Hall–Kier alpha value is -2.67. The third-order valence-electron chi connectivity index (χ3n) is 3.99. The van der Waals surface area contributed by atoms with Crippen LogP contribution in [-0.2, 0) is 19.1 Å². The van der Waals surface area contributed by atoms with Gasteiger partial charge in [0, 0.05) is 23.8 Å². The predicted molar refractivity (Wildman–Crippen MR) is 114 cm³/mol. The number of anilines is 1. The molecule has 1 aromatic heterocycles. The second-order valence-electron chi connectivity index (χ2n) is 7.55. The van der Waals surface area contributed by atoms with Crippen molar-refractivity contribution >= 4 is 34.2 Å². The Morgan fingerprint density at radius 1 is 1.03 bits per heavy atom. The predicted octanol–water partition coefficient (Wildman–Crippen LogP) is 5.04. The molecule has 0 saturated heterocycles. The van der Waals surface area contributed by atoms with E-state index in [1.807, 2.05) is 35.7 Å². The molecule has 1 amide bonds. The van der Waals surface area contributed by atoms with Crippen molar-refractivity contribution in [1.29, 1.82) is 0 Å². The molecule has 0 aliphatic carbocycles. The lowest BCUT2D eigenvalue weighted by Crippen LogP contribution is -2.25. The van der Waals surface area contributed by atoms with Gasteiger partial charge in [0.05, 0.1) is 7.11 Å². The minimum Gasteiger partial charge on any atom is -0.469 e. The molecule has 2 aromatic rings. The number of unbranched alkanes of at least 4 members (excludes halogenated alkanes) is 1. The third kappa shape index (κ3) is 7.02. The summed E-state index contributed by atoms with van der Waals surface area (Å²) < 4.78 is 10.2. The van der Waals surface area contributed by atoms with E-state index >= 15 is 0 Å². The van der Waals surface area contributed by atoms with Gasteiger partial charge in [0.15, 0.2) is 0 Å². The summed E-state index contributed by atoms with van der Waals surface area (Å²) in [5.74, 6) is -0.969. The standard InChI is InChI=1S/C22H27NO5S/c1-22(2,3)28-21(26)19-16(15-10-6-5-7-11-15)14-29-20(19)23-17(24)12-8-9-13-18(25)27-4/h5-7,10-11,14H,8-9,12-13H2,1-4H3,(H,23,24). The lowest BCUT2D eigenvalue weighted by Gasteiger charge is -2.20. The molecule has 1 heterocycles. The number of carbonyl (C=O) groups is 3. The monoisotopic (exact) mass is 417 g/mol. The van der Waals surface area contributed by atoms with Crippen molar-refractivity contribution in [1.82, 2.24) is 0 Å². The first-order valence-electron chi connectivity index (χ1n) is 9.48. The molecule has 0 saturated carbocycles. The summed E-state index contributed by atoms with van der Waals surface area (Å²) in [5.41, 5.74) is 1.32. The average Bonchev–Trinajstić information content (AvgIpc) is 3.08. The fourth-order valence-corrected chi connectivity index (χ4v) is 3.63. The summed E-state index contributed by atoms with van der Waals surface area (Å²) >= 11 is 1.29. The molecule has 0 atom stereocenters. The maximum absolute atomic E-state index is 12.9. The number of benzene rings is 1. The third-order valence-corrected chi connectivity index (χ3v) is 4.89. The van der Waals surface area contributed by atoms with Gasteiger partial charge in [0.1, 0.15) is 16.2 Å². The lowest BCUT2D eigenvalue weighted by molar-refractivity contribution is -0.140. The van der Waals surface area contributed by atoms with Crippen molar-refractivity contribution in [2.75, 3.05) is 12.4 Å². The topological polar surface area (TPSA) is 81.7 Å². The van der Waals surface area contributed by atoms with Gasteiger partial charge >= 0.3 is 11.9 Å². The van der Waals surface area contributed by atoms with Gasteiger partial charge in [-0.1, -0.05) is 30.3 Å². The van der Waals surface area contributed by atoms with Crippen LogP contribution in [0.3, 0.4) is 0 Å². The van der Waals surface area contributed by atoms with Crippen molar-refractivity contribution in [2.24, 2.45) is 0 Å². The Morgan fingerprint density at radius 3 is 2.31 bits per heavy atom. The van der Waals surface area contributed by atoms with Gasteiger partial charge in [-0.15, -0.1) is 11.3 Å². The summed E-state index contributed by atoms with van der Waals surface area (Å²) in [5, 5.41) is 5.15. The van der Waals surface area contributed by atoms with Crippen molar-refractivity contribution in [3.05, 3.63) is 41.3 Å². The van der Waals surface area contributed by atoms with Gasteiger partial charge in [0.2, 0.25) is 5.91 Å². The zero-order valence-electron chi connectivity index (χ0n) is 17.2. The summed E-state index contributed by atoms with van der Waals surface area (Å²) in [4.78, 5) is 36.4. The molecule has 0 aliphatic heterocycles. The molecule has 6 nitrogen and oxygen atoms in total. The fraction of sp³-hybridized carbons (Fsp3) is 0.409. The van der Waals surface area contributed by atoms with Gasteiger partial charge in [-0.3, -0.25) is 9.59 Å². The molecule has 2 rings (SSSR count). The quantitative estimate of drug-likeness (QED) is 0.480. The zero-order valence-corrected chi connectivity index (χ0v) is 18.1. The van der Waals surface area contributed by atoms with E-state index in [0.717, 1.165) is 11.1 Å². The van der Waals surface area contributed by atoms with E-state index in [-0.39, 0.29) is 24.7 Å². The number of ether oxygens (including phenoxy) is 2. The molecule has 0 aliphatic rings. The van der Waals surface area contributed by atoms with Crippen molar-refractivity contribution in [3.8, 4) is 11.1 Å². The van der Waals surface area contributed by atoms with Crippen LogP contribution in [-0.4, -0.2) is 30.6 Å². The van der Waals surface area contributed by atoms with Gasteiger partial charge in [-0.05, 0) is 39.2 Å². The number of nitrogens with one attached hydrogen (secondary N) is 1. The van der Waals surface area contributed by atoms with Crippen LogP contribution in [0.1, 0.15) is 56.8 Å². The number of hydrogen-bond donors (Lipinski definition) is 1. The Balaban J connectivity index is 2.16. The molecule has 1 aromatic carbocycles. The van der Waals surface area contributed by atoms with Gasteiger partial charge < -0.3 is 14.8 Å². The van der Waals surface area contributed by atoms with Crippen LogP contribution in [0.25, 0.3) is 11.1 Å². The molecular formula is C22H27NO5S. The molecule has 0 unspecified atom stereocenters. The van der Waals surface area contributed by atoms with Crippen molar-refractivity contribution in [3.63, 3.8) is 0 Å². The van der Waals surface area contributed by atoms with E-state index in [4.69, 9.17) is 4.74 Å². The molecule has 29 heavy (non-hydrogen) atoms. The summed E-state index contributed by atoms with van der Waals surface area (Å²) in [7, 11) is 1.34. The first kappa shape index (κ1) is 22.6. The molecular weight excluding hydrogens is 390 g/mol. The number of hydrogen-bond acceptors (Lipinski definition) is 6. The highest BCUT2D eigenvalue weighted by Crippen LogP contribution is 2.37. The first-order chi connectivity index (χ1) is 13.7. The molecule has 0 radical (unpaired) electrons. The maximum Gasteiger partial charge on any atom is 0.342 e. The number of carbonyl (C=O) groups excluding carboxylic acids is 3. The van der Waals surface area contributed by atoms with E-state index in [0.29, 0.717) is 23.4 Å². The largest absolute Gasteiger partial charge is 0.469 e. The van der Waals surface area contributed by atoms with E-state index in [9.17, 15) is 14.4 Å². The number of amides is 1. The first-order valence-corrected chi connectivity index (χ1v) is 10.4. The highest BCUT2D eigenvalue weighted by atomic mass is 32.1. The smallest absolute Gasteiger partial charge is 0.342 e. The zero-order chi connectivity index (χ0) is 21.4. The summed E-state index contributed by atoms with van der Waals surface area (Å²) in [6, 6.07) is 9.51. The molecule has 156 valence electrons. The molecule has 0 fully saturated rings. The number of rotatable bonds is 8. The van der Waals surface area contributed by atoms with E-state index in [2.05, 4.69) is 10.1 Å². The second-order valence-corrected chi connectivity index (χ2v) is 8.43. The minimum absolute atomic E-state index is 0.207. The van der Waals surface area contributed by atoms with Gasteiger partial charge in [-0.2, -0.15) is 0 Å². The van der Waals surface area contributed by atoms with E-state index in [1.54, 1.807) is 20.8 Å². The van der Waals surface area contributed by atoms with E-state index < -0.39 is 11.6 Å². The van der Waals surface area contributed by atoms with Crippen LogP contribution in [0.5, 0.6) is 0 Å². The SMILES string of the molecule is COC(=O)CCCCC(=O)Nc1scc(-c2ccccc2)c1C(=O)OC(C)(C)C. The average molecular weight is 418 g/mol. The van der Waals surface area contributed by atoms with Crippen molar-refractivity contribution < 1.29 is 23.9 Å². The van der Waals surface area contributed by atoms with Crippen LogP contribution in [0.2, 0.25) is 0 Å². The van der Waals surface area contributed by atoms with Crippen LogP contribution in [0.4, 0.5) is 5.00 Å². The van der Waals surface area contributed by atoms with Crippen LogP contribution in [0, 0.1) is 0 Å². The van der Waals surface area contributed by atoms with Gasteiger partial charge in [0.25, 0.3) is 0 Å². The highest BCUT2D eigenvalue weighted by molar-refractivity contribution is 7.15. The molecule has 7 heteroatoms. The van der Waals surface area contributed by atoms with Crippen molar-refractivity contribution in [2.45, 2.75) is 52.1 Å². The second kappa shape index (κ2) is 10.2. The fourth-order valence-electron chi connectivity index (χ4n) is 2.66. The Morgan fingerprint density at radius 2 is 1.69 bits per heavy atom. The number of esters is 2. The summed E-state index contributed by atoms with van der Waals surface area (Å²) in [6.07, 6.45) is 1.66. The molecule has 1 N–H and O–H groups in total. The van der Waals surface area contributed by atoms with Crippen LogP contribution >= 0.6 is 11.3 Å². The van der Waals surface area contributed by atoms with Gasteiger partial charge in [-0.25, -0.2) is 4.79 Å². The number of methoxy groups -OCH3 is 1. The van der Waals surface area contributed by atoms with E-state index in [1.165, 1.54) is 18.4 Å². The lowest BCUT2D eigenvalue weighted by atomic mass is 10.0. The molecule has 0 bridgehead atoms. The Kier molecular flexibility index (Phi) is 7.96. The number of thiophene rings is 1. The minimum atomic E-state index is -0.651. The summed E-state index contributed by atoms with van der Waals surface area (Å²) in [6.45, 7) is 5.41. The maximum atomic E-state index is 12.9. The Bertz CT molecular complexity index is 852. The van der Waals surface area contributed by atoms with Crippen LogP contribution in [0.15, 0.2) is 35.7 Å². The molecule has 0 spiro atoms.